The van der Waals surface area contributed by atoms with Gasteiger partial charge in [-0.3, -0.25) is 4.79 Å². The molecule has 2 aromatic rings. The molecule has 1 atom stereocenters. The largest absolute Gasteiger partial charge is 0.480 e. The number of rotatable bonds is 3. The van der Waals surface area contributed by atoms with Crippen molar-refractivity contribution in [2.75, 3.05) is 6.26 Å². The van der Waals surface area contributed by atoms with Crippen LogP contribution < -0.4 is 0 Å². The maximum Gasteiger partial charge on any atom is 0.325 e. The highest BCUT2D eigenvalue weighted by atomic mass is 35.5. The van der Waals surface area contributed by atoms with E-state index in [9.17, 15) is 15.2 Å². The number of hydrogen-bond acceptors (Lipinski definition) is 5. The summed E-state index contributed by atoms with van der Waals surface area (Å²) in [7, 11) is 0. The summed E-state index contributed by atoms with van der Waals surface area (Å²) in [6.45, 7) is 0. The number of carbonyl (C=O) groups is 1. The summed E-state index contributed by atoms with van der Waals surface area (Å²) in [5, 5.41) is 28.9. The molecule has 7 heteroatoms. The fourth-order valence-corrected chi connectivity index (χ4v) is 2.76. The summed E-state index contributed by atoms with van der Waals surface area (Å²) in [4.78, 5) is 15.7. The smallest absolute Gasteiger partial charge is 0.325 e. The van der Waals surface area contributed by atoms with Crippen molar-refractivity contribution >= 4 is 40.2 Å². The number of carboxylic acid groups (broad SMARTS) is 1. The van der Waals surface area contributed by atoms with Gasteiger partial charge in [0.25, 0.3) is 0 Å². The van der Waals surface area contributed by atoms with Gasteiger partial charge in [0.2, 0.25) is 0 Å². The minimum atomic E-state index is -1.45. The normalized spacial score (nSPS) is 11.6. The van der Waals surface area contributed by atoms with Gasteiger partial charge in [-0.25, -0.2) is 4.98 Å². The van der Waals surface area contributed by atoms with E-state index >= 15 is 0 Å². The number of thioether (sulfide) groups is 1. The first-order valence-electron chi connectivity index (χ1n) is 5.73. The van der Waals surface area contributed by atoms with E-state index in [0.717, 1.165) is 0 Å². The van der Waals surface area contributed by atoms with Crippen molar-refractivity contribution in [3.8, 4) is 12.1 Å². The first-order valence-corrected chi connectivity index (χ1v) is 7.33. The molecule has 1 unspecified atom stereocenters. The van der Waals surface area contributed by atoms with Gasteiger partial charge in [-0.2, -0.15) is 10.5 Å². The van der Waals surface area contributed by atoms with Crippen LogP contribution in [0.2, 0.25) is 5.02 Å². The lowest BCUT2D eigenvalue weighted by atomic mass is 9.93. The Morgan fingerprint density at radius 3 is 2.71 bits per heavy atom. The summed E-state index contributed by atoms with van der Waals surface area (Å²) >= 11 is 7.16. The molecule has 0 amide bonds. The summed E-state index contributed by atoms with van der Waals surface area (Å²) in [6.07, 6.45) is 1.73. The zero-order valence-electron chi connectivity index (χ0n) is 10.8. The van der Waals surface area contributed by atoms with Crippen LogP contribution in [0.15, 0.2) is 23.2 Å². The van der Waals surface area contributed by atoms with Crippen LogP contribution in [-0.4, -0.2) is 22.3 Å². The molecule has 0 aliphatic carbocycles. The van der Waals surface area contributed by atoms with Crippen molar-refractivity contribution in [1.82, 2.24) is 4.98 Å². The number of halogens is 1. The van der Waals surface area contributed by atoms with Crippen LogP contribution in [0.1, 0.15) is 17.0 Å². The first-order chi connectivity index (χ1) is 10.0. The van der Waals surface area contributed by atoms with Gasteiger partial charge in [0.1, 0.15) is 11.1 Å². The zero-order valence-corrected chi connectivity index (χ0v) is 12.4. The second-order valence-corrected chi connectivity index (χ2v) is 5.31. The average molecular weight is 318 g/mol. The van der Waals surface area contributed by atoms with Crippen LogP contribution in [0, 0.1) is 22.7 Å². The Kier molecular flexibility index (Phi) is 4.32. The molecule has 0 radical (unpaired) electrons. The third kappa shape index (κ3) is 2.64. The van der Waals surface area contributed by atoms with E-state index in [1.54, 1.807) is 24.5 Å². The number of carboxylic acids is 1. The zero-order chi connectivity index (χ0) is 15.6. The SMILES string of the molecule is CSc1nc2ccc(Cl)cc2c(C(C#N)C(=O)O)c1C#N. The molecule has 21 heavy (non-hydrogen) atoms. The molecular formula is C14H8ClN3O2S. The highest BCUT2D eigenvalue weighted by Gasteiger charge is 2.27. The van der Waals surface area contributed by atoms with E-state index in [4.69, 9.17) is 16.9 Å². The minimum absolute atomic E-state index is 0.103. The third-order valence-corrected chi connectivity index (χ3v) is 3.84. The van der Waals surface area contributed by atoms with Crippen LogP contribution in [-0.2, 0) is 4.79 Å². The number of pyridine rings is 1. The molecule has 1 heterocycles. The van der Waals surface area contributed by atoms with Crippen LogP contribution in [0.25, 0.3) is 10.9 Å². The summed E-state index contributed by atoms with van der Waals surface area (Å²) in [5.74, 6) is -2.76. The summed E-state index contributed by atoms with van der Waals surface area (Å²) in [5.41, 5.74) is 0.745. The molecule has 1 aromatic heterocycles. The number of aliphatic carboxylic acids is 1. The van der Waals surface area contributed by atoms with E-state index in [1.165, 1.54) is 17.8 Å². The number of nitriles is 2. The van der Waals surface area contributed by atoms with Crippen LogP contribution in [0.3, 0.4) is 0 Å². The molecule has 0 fully saturated rings. The summed E-state index contributed by atoms with van der Waals surface area (Å²) in [6, 6.07) is 8.47. The molecule has 2 rings (SSSR count). The van der Waals surface area contributed by atoms with Crippen molar-refractivity contribution in [1.29, 1.82) is 10.5 Å². The van der Waals surface area contributed by atoms with Crippen LogP contribution in [0.5, 0.6) is 0 Å². The Labute approximate surface area is 129 Å². The molecule has 5 nitrogen and oxygen atoms in total. The molecule has 0 aliphatic rings. The van der Waals surface area contributed by atoms with E-state index in [-0.39, 0.29) is 11.1 Å². The third-order valence-electron chi connectivity index (χ3n) is 2.92. The predicted octanol–water partition coefficient (Wildman–Crippen LogP) is 3.17. The number of benzene rings is 1. The van der Waals surface area contributed by atoms with E-state index in [2.05, 4.69) is 4.98 Å². The lowest BCUT2D eigenvalue weighted by molar-refractivity contribution is -0.137. The molecule has 0 bridgehead atoms. The average Bonchev–Trinajstić information content (AvgIpc) is 2.47. The lowest BCUT2D eigenvalue weighted by Gasteiger charge is -2.13. The van der Waals surface area contributed by atoms with Crippen molar-refractivity contribution in [2.45, 2.75) is 10.9 Å². The highest BCUT2D eigenvalue weighted by Crippen LogP contribution is 2.34. The fraction of sp³-hybridized carbons (Fsp3) is 0.143. The minimum Gasteiger partial charge on any atom is -0.480 e. The van der Waals surface area contributed by atoms with E-state index in [0.29, 0.717) is 21.0 Å². The van der Waals surface area contributed by atoms with Gasteiger partial charge in [-0.1, -0.05) is 11.6 Å². The molecule has 1 N–H and O–H groups in total. The fourth-order valence-electron chi connectivity index (χ4n) is 2.04. The van der Waals surface area contributed by atoms with Crippen LogP contribution >= 0.6 is 23.4 Å². The first kappa shape index (κ1) is 15.1. The molecule has 0 spiro atoms. The van der Waals surface area contributed by atoms with Gasteiger partial charge in [0.15, 0.2) is 5.92 Å². The van der Waals surface area contributed by atoms with Gasteiger partial charge >= 0.3 is 5.97 Å². The van der Waals surface area contributed by atoms with Gasteiger partial charge in [-0.05, 0) is 24.5 Å². The van der Waals surface area contributed by atoms with E-state index in [1.807, 2.05) is 6.07 Å². The molecule has 0 saturated carbocycles. The number of fused-ring (bicyclic) bond motifs is 1. The number of aromatic nitrogens is 1. The van der Waals surface area contributed by atoms with Crippen LogP contribution in [0.4, 0.5) is 0 Å². The van der Waals surface area contributed by atoms with Crippen molar-refractivity contribution in [3.63, 3.8) is 0 Å². The molecule has 0 saturated heterocycles. The van der Waals surface area contributed by atoms with Gasteiger partial charge < -0.3 is 5.11 Å². The maximum absolute atomic E-state index is 11.3. The molecule has 0 aliphatic heterocycles. The monoisotopic (exact) mass is 317 g/mol. The standard InChI is InChI=1S/C14H8ClN3O2S/c1-21-13-9(5-16)12(10(6-17)14(19)20)8-4-7(15)2-3-11(8)18-13/h2-4,10H,1H3,(H,19,20). The Morgan fingerprint density at radius 2 is 2.19 bits per heavy atom. The Hall–Kier alpha value is -2.28. The Morgan fingerprint density at radius 1 is 1.48 bits per heavy atom. The number of nitrogens with zero attached hydrogens (tertiary/aromatic N) is 3. The molecular weight excluding hydrogens is 310 g/mol. The van der Waals surface area contributed by atoms with Gasteiger partial charge in [-0.15, -0.1) is 11.8 Å². The maximum atomic E-state index is 11.3. The Balaban J connectivity index is 2.99. The second-order valence-electron chi connectivity index (χ2n) is 4.08. The number of hydrogen-bond donors (Lipinski definition) is 1. The van der Waals surface area contributed by atoms with Crippen molar-refractivity contribution < 1.29 is 9.90 Å². The summed E-state index contributed by atoms with van der Waals surface area (Å²) < 4.78 is 0. The lowest BCUT2D eigenvalue weighted by Crippen LogP contribution is -2.13. The molecule has 104 valence electrons. The second kappa shape index (κ2) is 6.01. The predicted molar refractivity (Wildman–Crippen MR) is 79.2 cm³/mol. The Bertz CT molecular complexity index is 824. The molecule has 1 aromatic carbocycles. The van der Waals surface area contributed by atoms with Gasteiger partial charge in [0.05, 0.1) is 17.1 Å². The highest BCUT2D eigenvalue weighted by molar-refractivity contribution is 7.98. The van der Waals surface area contributed by atoms with E-state index < -0.39 is 11.9 Å². The van der Waals surface area contributed by atoms with Crippen molar-refractivity contribution in [2.24, 2.45) is 0 Å². The van der Waals surface area contributed by atoms with Gasteiger partial charge in [0, 0.05) is 16.0 Å². The topological polar surface area (TPSA) is 97.8 Å². The quantitative estimate of drug-likeness (QED) is 0.873. The van der Waals surface area contributed by atoms with Crippen molar-refractivity contribution in [3.05, 3.63) is 34.3 Å².